The molecule has 0 bridgehead atoms. The second kappa shape index (κ2) is 9.11. The van der Waals surface area contributed by atoms with Crippen molar-refractivity contribution in [1.82, 2.24) is 10.6 Å². The van der Waals surface area contributed by atoms with Gasteiger partial charge in [-0.2, -0.15) is 0 Å². The highest BCUT2D eigenvalue weighted by molar-refractivity contribution is 5.85. The number of benzene rings is 1. The van der Waals surface area contributed by atoms with Crippen molar-refractivity contribution in [1.29, 1.82) is 0 Å². The lowest BCUT2D eigenvalue weighted by Gasteiger charge is -2.18. The average Bonchev–Trinajstić information content (AvgIpc) is 2.92. The molecule has 0 aliphatic carbocycles. The zero-order valence-corrected chi connectivity index (χ0v) is 14.8. The second-order valence-electron chi connectivity index (χ2n) is 6.02. The molecule has 0 radical (unpaired) electrons. The summed E-state index contributed by atoms with van der Waals surface area (Å²) in [6, 6.07) is 5.71. The van der Waals surface area contributed by atoms with E-state index >= 15 is 0 Å². The lowest BCUT2D eigenvalue weighted by Crippen LogP contribution is -2.40. The van der Waals surface area contributed by atoms with Crippen LogP contribution in [-0.2, 0) is 11.3 Å². The predicted octanol–water partition coefficient (Wildman–Crippen LogP) is 1.93. The van der Waals surface area contributed by atoms with E-state index in [1.165, 1.54) is 0 Å². The van der Waals surface area contributed by atoms with E-state index in [-0.39, 0.29) is 30.5 Å². The Bertz CT molecular complexity index is 525. The van der Waals surface area contributed by atoms with Crippen molar-refractivity contribution in [3.63, 3.8) is 0 Å². The number of aliphatic hydroxyl groups excluding tert-OH is 1. The summed E-state index contributed by atoms with van der Waals surface area (Å²) in [5, 5.41) is 15.4. The van der Waals surface area contributed by atoms with Crippen LogP contribution in [0.2, 0.25) is 0 Å². The Morgan fingerprint density at radius 1 is 1.52 bits per heavy atom. The van der Waals surface area contributed by atoms with Crippen molar-refractivity contribution in [2.75, 3.05) is 6.54 Å². The van der Waals surface area contributed by atoms with Crippen molar-refractivity contribution >= 4 is 18.3 Å². The SMILES string of the molecule is CCC(C)Oc1cc(C)ccc1CNC(=O)C1CC(O)CN1.Cl. The molecule has 6 heteroatoms. The number of hydrogen-bond donors (Lipinski definition) is 3. The molecule has 1 saturated heterocycles. The van der Waals surface area contributed by atoms with Gasteiger partial charge >= 0.3 is 0 Å². The third kappa shape index (κ3) is 5.68. The lowest BCUT2D eigenvalue weighted by atomic mass is 10.1. The normalized spacial score (nSPS) is 21.4. The van der Waals surface area contributed by atoms with Gasteiger partial charge in [0.1, 0.15) is 5.75 Å². The molecule has 5 nitrogen and oxygen atoms in total. The minimum atomic E-state index is -0.431. The first-order valence-corrected chi connectivity index (χ1v) is 7.95. The summed E-state index contributed by atoms with van der Waals surface area (Å²) in [6.45, 7) is 7.05. The minimum absolute atomic E-state index is 0. The van der Waals surface area contributed by atoms with Crippen molar-refractivity contribution in [2.24, 2.45) is 0 Å². The second-order valence-corrected chi connectivity index (χ2v) is 6.02. The van der Waals surface area contributed by atoms with Crippen LogP contribution in [0.5, 0.6) is 5.75 Å². The summed E-state index contributed by atoms with van der Waals surface area (Å²) in [7, 11) is 0. The number of ether oxygens (including phenoxy) is 1. The highest BCUT2D eigenvalue weighted by Gasteiger charge is 2.27. The van der Waals surface area contributed by atoms with Crippen LogP contribution in [0.1, 0.15) is 37.8 Å². The van der Waals surface area contributed by atoms with Gasteiger partial charge < -0.3 is 20.5 Å². The molecule has 1 aliphatic heterocycles. The largest absolute Gasteiger partial charge is 0.490 e. The molecule has 130 valence electrons. The highest BCUT2D eigenvalue weighted by atomic mass is 35.5. The van der Waals surface area contributed by atoms with Gasteiger partial charge in [-0.25, -0.2) is 0 Å². The van der Waals surface area contributed by atoms with E-state index in [2.05, 4.69) is 17.6 Å². The molecule has 1 heterocycles. The van der Waals surface area contributed by atoms with Gasteiger partial charge in [0.25, 0.3) is 0 Å². The monoisotopic (exact) mass is 342 g/mol. The van der Waals surface area contributed by atoms with E-state index < -0.39 is 6.10 Å². The first-order valence-electron chi connectivity index (χ1n) is 7.95. The molecule has 2 rings (SSSR count). The number of hydrogen-bond acceptors (Lipinski definition) is 4. The van der Waals surface area contributed by atoms with Gasteiger partial charge in [-0.05, 0) is 38.3 Å². The fourth-order valence-electron chi connectivity index (χ4n) is 2.44. The number of halogens is 1. The van der Waals surface area contributed by atoms with Crippen molar-refractivity contribution < 1.29 is 14.6 Å². The Kier molecular flexibility index (Phi) is 7.82. The van der Waals surface area contributed by atoms with Crippen LogP contribution in [0.25, 0.3) is 0 Å². The van der Waals surface area contributed by atoms with Crippen LogP contribution in [0.15, 0.2) is 18.2 Å². The van der Waals surface area contributed by atoms with E-state index in [0.29, 0.717) is 19.5 Å². The summed E-state index contributed by atoms with van der Waals surface area (Å²) in [6.07, 6.45) is 1.11. The van der Waals surface area contributed by atoms with Crippen LogP contribution in [0.4, 0.5) is 0 Å². The molecule has 0 aromatic heterocycles. The Balaban J connectivity index is 0.00000264. The molecule has 0 saturated carbocycles. The molecule has 3 N–H and O–H groups in total. The van der Waals surface area contributed by atoms with Crippen molar-refractivity contribution in [3.05, 3.63) is 29.3 Å². The number of nitrogens with one attached hydrogen (secondary N) is 2. The van der Waals surface area contributed by atoms with Gasteiger partial charge in [0, 0.05) is 18.7 Å². The molecular formula is C17H27ClN2O3. The molecule has 23 heavy (non-hydrogen) atoms. The van der Waals surface area contributed by atoms with E-state index in [4.69, 9.17) is 4.74 Å². The Hall–Kier alpha value is -1.30. The maximum Gasteiger partial charge on any atom is 0.237 e. The highest BCUT2D eigenvalue weighted by Crippen LogP contribution is 2.22. The molecule has 3 atom stereocenters. The summed E-state index contributed by atoms with van der Waals surface area (Å²) in [5.74, 6) is 0.751. The van der Waals surface area contributed by atoms with Crippen molar-refractivity contribution in [2.45, 2.75) is 58.4 Å². The van der Waals surface area contributed by atoms with Gasteiger partial charge in [0.15, 0.2) is 0 Å². The molecular weight excluding hydrogens is 316 g/mol. The van der Waals surface area contributed by atoms with Crippen LogP contribution in [0, 0.1) is 6.92 Å². The Morgan fingerprint density at radius 2 is 2.26 bits per heavy atom. The lowest BCUT2D eigenvalue weighted by molar-refractivity contribution is -0.123. The maximum absolute atomic E-state index is 12.1. The van der Waals surface area contributed by atoms with Gasteiger partial charge in [-0.15, -0.1) is 12.4 Å². The molecule has 1 aliphatic rings. The summed E-state index contributed by atoms with van der Waals surface area (Å²) in [5.41, 5.74) is 2.10. The molecule has 1 aromatic rings. The number of carbonyl (C=O) groups excluding carboxylic acids is 1. The molecule has 1 fully saturated rings. The fourth-order valence-corrected chi connectivity index (χ4v) is 2.44. The van der Waals surface area contributed by atoms with Crippen LogP contribution in [0.3, 0.4) is 0 Å². The Morgan fingerprint density at radius 3 is 2.87 bits per heavy atom. The number of amides is 1. The average molecular weight is 343 g/mol. The van der Waals surface area contributed by atoms with Gasteiger partial charge in [-0.3, -0.25) is 4.79 Å². The van der Waals surface area contributed by atoms with E-state index in [1.807, 2.05) is 32.0 Å². The van der Waals surface area contributed by atoms with E-state index in [0.717, 1.165) is 23.3 Å². The predicted molar refractivity (Wildman–Crippen MR) is 93.1 cm³/mol. The Labute approximate surface area is 144 Å². The standard InChI is InChI=1S/C17H26N2O3.ClH/c1-4-12(3)22-16-7-11(2)5-6-13(16)9-19-17(21)15-8-14(20)10-18-15;/h5-7,12,14-15,18,20H,4,8-10H2,1-3H3,(H,19,21);1H. The minimum Gasteiger partial charge on any atom is -0.490 e. The number of β-amino-alcohol motifs (C(OH)–C–C–N with tert-alkyl or cyclic N) is 1. The summed E-state index contributed by atoms with van der Waals surface area (Å²) < 4.78 is 5.94. The van der Waals surface area contributed by atoms with Crippen LogP contribution in [-0.4, -0.2) is 35.8 Å². The number of aryl methyl sites for hydroxylation is 1. The first-order chi connectivity index (χ1) is 10.5. The zero-order chi connectivity index (χ0) is 16.1. The maximum atomic E-state index is 12.1. The van der Waals surface area contributed by atoms with E-state index in [1.54, 1.807) is 0 Å². The number of aliphatic hydroxyl groups is 1. The first kappa shape index (κ1) is 19.7. The topological polar surface area (TPSA) is 70.6 Å². The van der Waals surface area contributed by atoms with E-state index in [9.17, 15) is 9.90 Å². The third-order valence-corrected chi connectivity index (χ3v) is 4.00. The van der Waals surface area contributed by atoms with Crippen molar-refractivity contribution in [3.8, 4) is 5.75 Å². The van der Waals surface area contributed by atoms with Crippen LogP contribution >= 0.6 is 12.4 Å². The van der Waals surface area contributed by atoms with Gasteiger partial charge in [0.2, 0.25) is 5.91 Å². The van der Waals surface area contributed by atoms with Gasteiger partial charge in [-0.1, -0.05) is 19.1 Å². The smallest absolute Gasteiger partial charge is 0.237 e. The fraction of sp³-hybridized carbons (Fsp3) is 0.588. The molecule has 0 spiro atoms. The molecule has 1 amide bonds. The number of carbonyl (C=O) groups is 1. The summed E-state index contributed by atoms with van der Waals surface area (Å²) in [4.78, 5) is 12.1. The quantitative estimate of drug-likeness (QED) is 0.739. The molecule has 1 aromatic carbocycles. The zero-order valence-electron chi connectivity index (χ0n) is 14.0. The summed E-state index contributed by atoms with van der Waals surface area (Å²) >= 11 is 0. The van der Waals surface area contributed by atoms with Gasteiger partial charge in [0.05, 0.1) is 18.2 Å². The third-order valence-electron chi connectivity index (χ3n) is 4.00. The number of rotatable bonds is 6. The van der Waals surface area contributed by atoms with Crippen LogP contribution < -0.4 is 15.4 Å². The molecule has 3 unspecified atom stereocenters.